The van der Waals surface area contributed by atoms with Crippen LogP contribution in [0.15, 0.2) is 24.3 Å². The summed E-state index contributed by atoms with van der Waals surface area (Å²) in [7, 11) is 0. The van der Waals surface area contributed by atoms with Gasteiger partial charge in [-0.3, -0.25) is 14.5 Å². The molecule has 21 heavy (non-hydrogen) atoms. The number of piperazine rings is 1. The molecule has 0 spiro atoms. The fourth-order valence-corrected chi connectivity index (χ4v) is 2.68. The standard InChI is InChI=1S/C17H24N2O2/c1-6-13-15(20)18-14(17(3,4)5)16(21)19(13)12-9-7-11(2)8-10-12/h7-10,13-14H,6H2,1-5H3,(H,18,20). The second kappa shape index (κ2) is 5.51. The Morgan fingerprint density at radius 2 is 1.71 bits per heavy atom. The van der Waals surface area contributed by atoms with Crippen LogP contribution in [0.3, 0.4) is 0 Å². The van der Waals surface area contributed by atoms with E-state index in [1.807, 2.05) is 58.9 Å². The first-order chi connectivity index (χ1) is 9.75. The summed E-state index contributed by atoms with van der Waals surface area (Å²) in [5.41, 5.74) is 1.61. The smallest absolute Gasteiger partial charge is 0.250 e. The summed E-state index contributed by atoms with van der Waals surface area (Å²) in [6, 6.07) is 6.83. The molecule has 0 bridgehead atoms. The normalized spacial score (nSPS) is 23.2. The fraction of sp³-hybridized carbons (Fsp3) is 0.529. The first kappa shape index (κ1) is 15.5. The van der Waals surface area contributed by atoms with Gasteiger partial charge in [-0.05, 0) is 30.9 Å². The van der Waals surface area contributed by atoms with E-state index < -0.39 is 12.1 Å². The van der Waals surface area contributed by atoms with Crippen molar-refractivity contribution in [1.82, 2.24) is 5.32 Å². The van der Waals surface area contributed by atoms with Gasteiger partial charge in [0.25, 0.3) is 5.91 Å². The molecule has 2 atom stereocenters. The van der Waals surface area contributed by atoms with Crippen molar-refractivity contribution in [3.8, 4) is 0 Å². The summed E-state index contributed by atoms with van der Waals surface area (Å²) in [4.78, 5) is 26.9. The van der Waals surface area contributed by atoms with Crippen molar-refractivity contribution in [2.24, 2.45) is 5.41 Å². The molecule has 0 aromatic heterocycles. The fourth-order valence-electron chi connectivity index (χ4n) is 2.68. The number of hydrogen-bond acceptors (Lipinski definition) is 2. The van der Waals surface area contributed by atoms with E-state index in [2.05, 4.69) is 5.32 Å². The van der Waals surface area contributed by atoms with Crippen LogP contribution in [0.4, 0.5) is 5.69 Å². The van der Waals surface area contributed by atoms with Gasteiger partial charge in [0.1, 0.15) is 12.1 Å². The number of hydrogen-bond donors (Lipinski definition) is 1. The zero-order valence-corrected chi connectivity index (χ0v) is 13.4. The number of rotatable bonds is 2. The number of amides is 2. The maximum absolute atomic E-state index is 12.9. The predicted octanol–water partition coefficient (Wildman–Crippen LogP) is 2.65. The molecule has 2 unspecified atom stereocenters. The first-order valence-electron chi connectivity index (χ1n) is 7.46. The Morgan fingerprint density at radius 1 is 1.14 bits per heavy atom. The van der Waals surface area contributed by atoms with Crippen molar-refractivity contribution in [2.45, 2.75) is 53.1 Å². The van der Waals surface area contributed by atoms with Crippen LogP contribution in [0.25, 0.3) is 0 Å². The van der Waals surface area contributed by atoms with E-state index in [9.17, 15) is 9.59 Å². The van der Waals surface area contributed by atoms with Crippen LogP contribution in [0.1, 0.15) is 39.7 Å². The van der Waals surface area contributed by atoms with Crippen LogP contribution in [-0.4, -0.2) is 23.9 Å². The van der Waals surface area contributed by atoms with Crippen LogP contribution < -0.4 is 10.2 Å². The molecule has 1 aliphatic rings. The molecule has 1 aromatic carbocycles. The molecule has 4 heteroatoms. The van der Waals surface area contributed by atoms with Gasteiger partial charge in [0.05, 0.1) is 0 Å². The van der Waals surface area contributed by atoms with Gasteiger partial charge in [0.15, 0.2) is 0 Å². The molecular formula is C17H24N2O2. The van der Waals surface area contributed by atoms with E-state index in [1.54, 1.807) is 4.90 Å². The largest absolute Gasteiger partial charge is 0.342 e. The molecule has 0 radical (unpaired) electrons. The predicted molar refractivity (Wildman–Crippen MR) is 84.1 cm³/mol. The zero-order chi connectivity index (χ0) is 15.8. The van der Waals surface area contributed by atoms with Gasteiger partial charge in [-0.25, -0.2) is 0 Å². The molecule has 1 saturated heterocycles. The van der Waals surface area contributed by atoms with E-state index in [0.717, 1.165) is 11.3 Å². The minimum atomic E-state index is -0.492. The van der Waals surface area contributed by atoms with Crippen molar-refractivity contribution in [3.63, 3.8) is 0 Å². The Morgan fingerprint density at radius 3 is 2.19 bits per heavy atom. The molecule has 1 heterocycles. The molecule has 1 aromatic rings. The Balaban J connectivity index is 2.44. The van der Waals surface area contributed by atoms with Crippen molar-refractivity contribution in [2.75, 3.05) is 4.90 Å². The Kier molecular flexibility index (Phi) is 4.08. The highest BCUT2D eigenvalue weighted by atomic mass is 16.2. The van der Waals surface area contributed by atoms with Crippen LogP contribution in [-0.2, 0) is 9.59 Å². The molecule has 1 fully saturated rings. The molecular weight excluding hydrogens is 264 g/mol. The molecule has 1 aliphatic heterocycles. The maximum atomic E-state index is 12.9. The van der Waals surface area contributed by atoms with Crippen molar-refractivity contribution in [3.05, 3.63) is 29.8 Å². The minimum absolute atomic E-state index is 0.0298. The highest BCUT2D eigenvalue weighted by molar-refractivity contribution is 6.08. The van der Waals surface area contributed by atoms with Crippen molar-refractivity contribution >= 4 is 17.5 Å². The molecule has 2 amide bonds. The van der Waals surface area contributed by atoms with Crippen LogP contribution in [0.5, 0.6) is 0 Å². The quantitative estimate of drug-likeness (QED) is 0.909. The first-order valence-corrected chi connectivity index (χ1v) is 7.46. The molecule has 4 nitrogen and oxygen atoms in total. The lowest BCUT2D eigenvalue weighted by atomic mass is 9.83. The number of anilines is 1. The zero-order valence-electron chi connectivity index (χ0n) is 13.4. The number of aryl methyl sites for hydroxylation is 1. The van der Waals surface area contributed by atoms with Gasteiger partial charge >= 0.3 is 0 Å². The third-order valence-electron chi connectivity index (χ3n) is 3.95. The molecule has 114 valence electrons. The third kappa shape index (κ3) is 2.94. The minimum Gasteiger partial charge on any atom is -0.342 e. The second-order valence-corrected chi connectivity index (χ2v) is 6.78. The number of benzene rings is 1. The topological polar surface area (TPSA) is 49.4 Å². The average Bonchev–Trinajstić information content (AvgIpc) is 2.40. The summed E-state index contributed by atoms with van der Waals surface area (Å²) in [6.07, 6.45) is 0.600. The Labute approximate surface area is 126 Å². The van der Waals surface area contributed by atoms with E-state index >= 15 is 0 Å². The van der Waals surface area contributed by atoms with Gasteiger partial charge in [-0.15, -0.1) is 0 Å². The maximum Gasteiger partial charge on any atom is 0.250 e. The van der Waals surface area contributed by atoms with Gasteiger partial charge in [-0.1, -0.05) is 45.4 Å². The monoisotopic (exact) mass is 288 g/mol. The highest BCUT2D eigenvalue weighted by Gasteiger charge is 2.45. The summed E-state index contributed by atoms with van der Waals surface area (Å²) < 4.78 is 0. The summed E-state index contributed by atoms with van der Waals surface area (Å²) in [6.45, 7) is 9.83. The van der Waals surface area contributed by atoms with Crippen LogP contribution in [0.2, 0.25) is 0 Å². The lowest BCUT2D eigenvalue weighted by Crippen LogP contribution is -2.66. The SMILES string of the molecule is CCC1C(=O)NC(C(C)(C)C)C(=O)N1c1ccc(C)cc1. The number of carbonyl (C=O) groups is 2. The molecule has 0 saturated carbocycles. The van der Waals surface area contributed by atoms with Crippen LogP contribution in [0, 0.1) is 12.3 Å². The van der Waals surface area contributed by atoms with Crippen molar-refractivity contribution in [1.29, 1.82) is 0 Å². The number of nitrogens with zero attached hydrogens (tertiary/aromatic N) is 1. The second-order valence-electron chi connectivity index (χ2n) is 6.78. The van der Waals surface area contributed by atoms with E-state index in [1.165, 1.54) is 0 Å². The molecule has 0 aliphatic carbocycles. The summed E-state index contributed by atoms with van der Waals surface area (Å²) in [5.74, 6) is -0.101. The number of carbonyl (C=O) groups excluding carboxylic acids is 2. The van der Waals surface area contributed by atoms with E-state index in [4.69, 9.17) is 0 Å². The third-order valence-corrected chi connectivity index (χ3v) is 3.95. The highest BCUT2D eigenvalue weighted by Crippen LogP contribution is 2.29. The van der Waals surface area contributed by atoms with Gasteiger partial charge in [0, 0.05) is 5.69 Å². The van der Waals surface area contributed by atoms with Crippen LogP contribution >= 0.6 is 0 Å². The lowest BCUT2D eigenvalue weighted by molar-refractivity contribution is -0.136. The van der Waals surface area contributed by atoms with Crippen molar-refractivity contribution < 1.29 is 9.59 Å². The Bertz CT molecular complexity index is 543. The van der Waals surface area contributed by atoms with Gasteiger partial charge in [0.2, 0.25) is 5.91 Å². The van der Waals surface area contributed by atoms with E-state index in [0.29, 0.717) is 6.42 Å². The molecule has 1 N–H and O–H groups in total. The average molecular weight is 288 g/mol. The molecule has 2 rings (SSSR count). The van der Waals surface area contributed by atoms with Gasteiger partial charge < -0.3 is 5.32 Å². The van der Waals surface area contributed by atoms with Gasteiger partial charge in [-0.2, -0.15) is 0 Å². The summed E-state index contributed by atoms with van der Waals surface area (Å²) in [5, 5.41) is 2.89. The number of nitrogens with one attached hydrogen (secondary N) is 1. The summed E-state index contributed by atoms with van der Waals surface area (Å²) >= 11 is 0. The Hall–Kier alpha value is -1.84. The van der Waals surface area contributed by atoms with E-state index in [-0.39, 0.29) is 17.2 Å². The lowest BCUT2D eigenvalue weighted by Gasteiger charge is -2.43.